The van der Waals surface area contributed by atoms with Crippen molar-refractivity contribution in [1.29, 1.82) is 0 Å². The molecule has 116 valence electrons. The molecular weight excluding hydrogens is 260 g/mol. The Morgan fingerprint density at radius 3 is 2.95 bits per heavy atom. The Morgan fingerprint density at radius 2 is 2.19 bits per heavy atom. The van der Waals surface area contributed by atoms with Crippen LogP contribution in [0.15, 0.2) is 18.2 Å². The maximum absolute atomic E-state index is 6.07. The molecule has 1 fully saturated rings. The van der Waals surface area contributed by atoms with Crippen LogP contribution in [0.3, 0.4) is 0 Å². The number of aryl methyl sites for hydroxylation is 1. The van der Waals surface area contributed by atoms with E-state index in [1.54, 1.807) is 7.11 Å². The van der Waals surface area contributed by atoms with Crippen molar-refractivity contribution in [2.45, 2.75) is 51.1 Å². The molecule has 1 saturated heterocycles. The maximum atomic E-state index is 6.07. The number of hydrogen-bond donors (Lipinski definition) is 1. The second kappa shape index (κ2) is 6.37. The number of hydrogen-bond acceptors (Lipinski definition) is 3. The molecule has 1 aliphatic carbocycles. The number of likely N-dealkylation sites (tertiary alicyclic amines) is 1. The Bertz CT molecular complexity index is 488. The molecule has 3 rings (SSSR count). The predicted octanol–water partition coefficient (Wildman–Crippen LogP) is 3.13. The van der Waals surface area contributed by atoms with E-state index in [0.717, 1.165) is 18.2 Å². The van der Waals surface area contributed by atoms with E-state index in [4.69, 9.17) is 10.5 Å². The minimum Gasteiger partial charge on any atom is -0.497 e. The molecule has 1 heterocycles. The smallest absolute Gasteiger partial charge is 0.119 e. The Hall–Kier alpha value is -1.06. The van der Waals surface area contributed by atoms with Crippen LogP contribution in [-0.2, 0) is 6.42 Å². The van der Waals surface area contributed by atoms with Gasteiger partial charge >= 0.3 is 0 Å². The second-order valence-electron chi connectivity index (χ2n) is 6.73. The molecule has 2 N–H and O–H groups in total. The number of methoxy groups -OCH3 is 1. The van der Waals surface area contributed by atoms with Crippen LogP contribution in [0.5, 0.6) is 5.75 Å². The largest absolute Gasteiger partial charge is 0.497 e. The first kappa shape index (κ1) is 14.9. The third-order valence-corrected chi connectivity index (χ3v) is 5.33. The fourth-order valence-corrected chi connectivity index (χ4v) is 4.14. The predicted molar refractivity (Wildman–Crippen MR) is 86.6 cm³/mol. The summed E-state index contributed by atoms with van der Waals surface area (Å²) in [5.74, 6) is 1.79. The average molecular weight is 288 g/mol. The van der Waals surface area contributed by atoms with Gasteiger partial charge in [-0.25, -0.2) is 0 Å². The van der Waals surface area contributed by atoms with Crippen LogP contribution in [-0.4, -0.2) is 31.1 Å². The summed E-state index contributed by atoms with van der Waals surface area (Å²) < 4.78 is 5.44. The van der Waals surface area contributed by atoms with Gasteiger partial charge in [0.1, 0.15) is 5.75 Å². The molecule has 3 unspecified atom stereocenters. The van der Waals surface area contributed by atoms with E-state index in [1.165, 1.54) is 49.8 Å². The Labute approximate surface area is 128 Å². The third-order valence-electron chi connectivity index (χ3n) is 5.33. The highest BCUT2D eigenvalue weighted by Gasteiger charge is 2.33. The van der Waals surface area contributed by atoms with Crippen molar-refractivity contribution in [3.63, 3.8) is 0 Å². The van der Waals surface area contributed by atoms with Crippen LogP contribution in [0.4, 0.5) is 0 Å². The second-order valence-corrected chi connectivity index (χ2v) is 6.73. The van der Waals surface area contributed by atoms with Crippen molar-refractivity contribution in [1.82, 2.24) is 4.90 Å². The lowest BCUT2D eigenvalue weighted by Crippen LogP contribution is -2.48. The zero-order valence-electron chi connectivity index (χ0n) is 13.3. The zero-order chi connectivity index (χ0) is 14.8. The lowest BCUT2D eigenvalue weighted by Gasteiger charge is -2.45. The molecule has 3 heteroatoms. The quantitative estimate of drug-likeness (QED) is 0.928. The van der Waals surface area contributed by atoms with Crippen LogP contribution in [0.25, 0.3) is 0 Å². The number of nitrogens with two attached hydrogens (primary N) is 1. The molecule has 1 aromatic rings. The van der Waals surface area contributed by atoms with E-state index in [-0.39, 0.29) is 0 Å². The van der Waals surface area contributed by atoms with Crippen molar-refractivity contribution in [3.05, 3.63) is 29.3 Å². The minimum atomic E-state index is 0.532. The molecular formula is C18H28N2O. The Morgan fingerprint density at radius 1 is 1.33 bits per heavy atom. The molecule has 0 spiro atoms. The minimum absolute atomic E-state index is 0.532. The zero-order valence-corrected chi connectivity index (χ0v) is 13.3. The van der Waals surface area contributed by atoms with Gasteiger partial charge in [-0.2, -0.15) is 0 Å². The number of rotatable bonds is 3. The lowest BCUT2D eigenvalue weighted by molar-refractivity contribution is 0.0669. The van der Waals surface area contributed by atoms with Crippen molar-refractivity contribution < 1.29 is 4.74 Å². The molecule has 0 amide bonds. The first-order valence-corrected chi connectivity index (χ1v) is 8.35. The normalized spacial score (nSPS) is 30.0. The van der Waals surface area contributed by atoms with E-state index >= 15 is 0 Å². The molecule has 0 radical (unpaired) electrons. The Kier molecular flexibility index (Phi) is 4.51. The van der Waals surface area contributed by atoms with Crippen LogP contribution in [0.2, 0.25) is 0 Å². The summed E-state index contributed by atoms with van der Waals surface area (Å²) in [6.07, 6.45) is 6.28. The van der Waals surface area contributed by atoms with Gasteiger partial charge in [0.25, 0.3) is 0 Å². The molecule has 0 saturated carbocycles. The van der Waals surface area contributed by atoms with E-state index < -0.39 is 0 Å². The number of nitrogens with zero attached hydrogens (tertiary/aromatic N) is 1. The molecule has 1 aromatic carbocycles. The molecule has 3 atom stereocenters. The topological polar surface area (TPSA) is 38.5 Å². The van der Waals surface area contributed by atoms with Crippen LogP contribution >= 0.6 is 0 Å². The molecule has 21 heavy (non-hydrogen) atoms. The van der Waals surface area contributed by atoms with Crippen LogP contribution in [0.1, 0.15) is 49.8 Å². The van der Waals surface area contributed by atoms with Gasteiger partial charge in [0, 0.05) is 18.6 Å². The van der Waals surface area contributed by atoms with E-state index in [9.17, 15) is 0 Å². The first-order valence-electron chi connectivity index (χ1n) is 8.35. The molecule has 3 nitrogen and oxygen atoms in total. The summed E-state index contributed by atoms with van der Waals surface area (Å²) in [5, 5.41) is 0. The van der Waals surface area contributed by atoms with Gasteiger partial charge in [0.05, 0.1) is 7.11 Å². The number of fused-ring (bicyclic) bond motifs is 1. The molecule has 0 bridgehead atoms. The van der Waals surface area contributed by atoms with Gasteiger partial charge in [-0.1, -0.05) is 13.0 Å². The van der Waals surface area contributed by atoms with Crippen LogP contribution < -0.4 is 10.5 Å². The number of piperidine rings is 1. The Balaban J connectivity index is 1.89. The van der Waals surface area contributed by atoms with E-state index in [1.807, 2.05) is 0 Å². The maximum Gasteiger partial charge on any atom is 0.119 e. The molecule has 1 aliphatic heterocycles. The SMILES string of the molecule is COc1ccc2c(c1)C(N1CCC(C)CC1CN)CCC2. The average Bonchev–Trinajstić information content (AvgIpc) is 2.53. The van der Waals surface area contributed by atoms with Gasteiger partial charge in [-0.15, -0.1) is 0 Å². The number of ether oxygens (including phenoxy) is 1. The molecule has 0 aromatic heterocycles. The number of benzene rings is 1. The standard InChI is InChI=1S/C18H28N2O/c1-13-8-9-20(15(10-13)12-19)18-5-3-4-14-6-7-16(21-2)11-17(14)18/h6-7,11,13,15,18H,3-5,8-10,12,19H2,1-2H3. The van der Waals surface area contributed by atoms with Gasteiger partial charge < -0.3 is 10.5 Å². The summed E-state index contributed by atoms with van der Waals surface area (Å²) in [5.41, 5.74) is 9.05. The molecule has 2 aliphatic rings. The van der Waals surface area contributed by atoms with E-state index in [2.05, 4.69) is 30.0 Å². The summed E-state index contributed by atoms with van der Waals surface area (Å²) in [7, 11) is 1.75. The van der Waals surface area contributed by atoms with Crippen molar-refractivity contribution in [2.24, 2.45) is 11.7 Å². The summed E-state index contributed by atoms with van der Waals surface area (Å²) in [4.78, 5) is 2.68. The third kappa shape index (κ3) is 2.95. The lowest BCUT2D eigenvalue weighted by atomic mass is 9.83. The van der Waals surface area contributed by atoms with Crippen molar-refractivity contribution >= 4 is 0 Å². The summed E-state index contributed by atoms with van der Waals surface area (Å²) in [6.45, 7) is 4.32. The van der Waals surface area contributed by atoms with Crippen LogP contribution in [0, 0.1) is 5.92 Å². The highest BCUT2D eigenvalue weighted by molar-refractivity contribution is 5.39. The summed E-state index contributed by atoms with van der Waals surface area (Å²) in [6, 6.07) is 7.68. The fraction of sp³-hybridized carbons (Fsp3) is 0.667. The van der Waals surface area contributed by atoms with E-state index in [0.29, 0.717) is 12.1 Å². The van der Waals surface area contributed by atoms with Gasteiger partial charge in [-0.3, -0.25) is 4.90 Å². The highest BCUT2D eigenvalue weighted by Crippen LogP contribution is 2.39. The van der Waals surface area contributed by atoms with Gasteiger partial charge in [-0.05, 0) is 67.8 Å². The van der Waals surface area contributed by atoms with Crippen molar-refractivity contribution in [3.8, 4) is 5.75 Å². The van der Waals surface area contributed by atoms with Crippen molar-refractivity contribution in [2.75, 3.05) is 20.2 Å². The fourth-order valence-electron chi connectivity index (χ4n) is 4.14. The van der Waals surface area contributed by atoms with Gasteiger partial charge in [0.2, 0.25) is 0 Å². The summed E-state index contributed by atoms with van der Waals surface area (Å²) >= 11 is 0. The first-order chi connectivity index (χ1) is 10.2. The van der Waals surface area contributed by atoms with Gasteiger partial charge in [0.15, 0.2) is 0 Å². The monoisotopic (exact) mass is 288 g/mol. The highest BCUT2D eigenvalue weighted by atomic mass is 16.5.